The number of amides is 1. The number of alkyl halides is 3. The summed E-state index contributed by atoms with van der Waals surface area (Å²) in [5, 5.41) is 3.02. The number of carbonyl (C=O) groups excluding carboxylic acids is 1. The van der Waals surface area contributed by atoms with E-state index in [1.165, 1.54) is 25.2 Å². The van der Waals surface area contributed by atoms with Crippen molar-refractivity contribution in [2.45, 2.75) is 64.6 Å². The van der Waals surface area contributed by atoms with Gasteiger partial charge in [0.05, 0.1) is 11.1 Å². The summed E-state index contributed by atoms with van der Waals surface area (Å²) in [7, 11) is 0. The van der Waals surface area contributed by atoms with E-state index in [2.05, 4.69) is 38.9 Å². The number of likely N-dealkylation sites (tertiary alicyclic amines) is 2. The largest absolute Gasteiger partial charge is 0.418 e. The fraction of sp³-hybridized carbons (Fsp3) is 0.700. The molecule has 0 spiro atoms. The standard InChI is InChI=1S/C30H41F3N6O/c1-29(2)22-18-38(19-23(22)29)16-15-37-13-9-20(10-14-37)34-28(40)25-8-7-24-27(36-25)21(30(31,32)33)17-26(35-24)39-11-5-3-4-6-12-39/h7-8,17,20,22-23H,3-6,9-16,18-19H2,1-2H3,(H,34,40). The lowest BCUT2D eigenvalue weighted by Gasteiger charge is -2.33. The maximum absolute atomic E-state index is 14.1. The zero-order chi connectivity index (χ0) is 28.1. The van der Waals surface area contributed by atoms with Crippen molar-refractivity contribution in [1.29, 1.82) is 0 Å². The number of halogens is 3. The molecule has 0 aromatic carbocycles. The van der Waals surface area contributed by atoms with Crippen LogP contribution in [0, 0.1) is 17.3 Å². The van der Waals surface area contributed by atoms with Crippen molar-refractivity contribution in [2.75, 3.05) is 57.3 Å². The van der Waals surface area contributed by atoms with E-state index in [1.54, 1.807) is 0 Å². The van der Waals surface area contributed by atoms with Crippen LogP contribution in [0.3, 0.4) is 0 Å². The van der Waals surface area contributed by atoms with Crippen LogP contribution in [-0.2, 0) is 6.18 Å². The molecule has 1 N–H and O–H groups in total. The molecule has 2 atom stereocenters. The first kappa shape index (κ1) is 27.7. The minimum Gasteiger partial charge on any atom is -0.357 e. The first-order valence-corrected chi connectivity index (χ1v) is 15.0. The molecule has 2 unspecified atom stereocenters. The summed E-state index contributed by atoms with van der Waals surface area (Å²) >= 11 is 0. The number of hydrogen-bond donors (Lipinski definition) is 1. The van der Waals surface area contributed by atoms with E-state index in [9.17, 15) is 18.0 Å². The van der Waals surface area contributed by atoms with Crippen LogP contribution in [0.25, 0.3) is 11.0 Å². The van der Waals surface area contributed by atoms with Crippen molar-refractivity contribution in [3.8, 4) is 0 Å². The Kier molecular flexibility index (Phi) is 7.44. The molecule has 0 bridgehead atoms. The van der Waals surface area contributed by atoms with Gasteiger partial charge >= 0.3 is 6.18 Å². The maximum Gasteiger partial charge on any atom is 0.418 e. The lowest BCUT2D eigenvalue weighted by atomic mass is 10.0. The molecule has 5 heterocycles. The molecule has 6 rings (SSSR count). The van der Waals surface area contributed by atoms with Gasteiger partial charge in [0, 0.05) is 58.4 Å². The average molecular weight is 559 g/mol. The Morgan fingerprint density at radius 2 is 1.60 bits per heavy atom. The normalized spacial score (nSPS) is 26.1. The number of fused-ring (bicyclic) bond motifs is 2. The van der Waals surface area contributed by atoms with E-state index in [-0.39, 0.29) is 22.8 Å². The van der Waals surface area contributed by atoms with E-state index in [0.717, 1.165) is 82.6 Å². The number of nitrogens with one attached hydrogen (secondary N) is 1. The summed E-state index contributed by atoms with van der Waals surface area (Å²) in [6.07, 6.45) is 1.09. The lowest BCUT2D eigenvalue weighted by Crippen LogP contribution is -2.46. The monoisotopic (exact) mass is 558 g/mol. The van der Waals surface area contributed by atoms with Crippen LogP contribution < -0.4 is 10.2 Å². The Morgan fingerprint density at radius 1 is 0.950 bits per heavy atom. The second kappa shape index (κ2) is 10.7. The maximum atomic E-state index is 14.1. The third-order valence-corrected chi connectivity index (χ3v) is 9.96. The number of nitrogens with zero attached hydrogens (tertiary/aromatic N) is 5. The first-order chi connectivity index (χ1) is 19.1. The fourth-order valence-electron chi connectivity index (χ4n) is 7.14. The summed E-state index contributed by atoms with van der Waals surface area (Å²) in [6, 6.07) is 4.09. The van der Waals surface area contributed by atoms with Gasteiger partial charge < -0.3 is 20.0 Å². The van der Waals surface area contributed by atoms with Crippen LogP contribution in [0.5, 0.6) is 0 Å². The molecule has 2 aromatic heterocycles. The highest BCUT2D eigenvalue weighted by molar-refractivity contribution is 5.95. The third kappa shape index (κ3) is 5.66. The Labute approximate surface area is 234 Å². The van der Waals surface area contributed by atoms with Crippen molar-refractivity contribution in [3.63, 3.8) is 0 Å². The zero-order valence-electron chi connectivity index (χ0n) is 23.6. The number of anilines is 1. The molecule has 10 heteroatoms. The van der Waals surface area contributed by atoms with Crippen LogP contribution in [0.1, 0.15) is 68.4 Å². The Bertz CT molecular complexity index is 1220. The van der Waals surface area contributed by atoms with Gasteiger partial charge in [-0.3, -0.25) is 4.79 Å². The van der Waals surface area contributed by atoms with E-state index in [0.29, 0.717) is 24.3 Å². The van der Waals surface area contributed by atoms with Gasteiger partial charge in [-0.15, -0.1) is 0 Å². The number of pyridine rings is 2. The molecule has 1 amide bonds. The average Bonchev–Trinajstić information content (AvgIpc) is 3.29. The molecular weight excluding hydrogens is 517 g/mol. The second-order valence-electron chi connectivity index (χ2n) is 12.9. The van der Waals surface area contributed by atoms with E-state index < -0.39 is 17.6 Å². The topological polar surface area (TPSA) is 64.6 Å². The van der Waals surface area contributed by atoms with Gasteiger partial charge in [0.25, 0.3) is 5.91 Å². The van der Waals surface area contributed by atoms with Gasteiger partial charge in [0.1, 0.15) is 17.0 Å². The van der Waals surface area contributed by atoms with Gasteiger partial charge in [-0.1, -0.05) is 26.7 Å². The third-order valence-electron chi connectivity index (χ3n) is 9.96. The van der Waals surface area contributed by atoms with Gasteiger partial charge in [-0.2, -0.15) is 13.2 Å². The highest BCUT2D eigenvalue weighted by Gasteiger charge is 2.61. The highest BCUT2D eigenvalue weighted by Crippen LogP contribution is 2.61. The summed E-state index contributed by atoms with van der Waals surface area (Å²) in [4.78, 5) is 28.7. The number of aromatic nitrogens is 2. The molecule has 1 aliphatic carbocycles. The molecule has 3 saturated heterocycles. The van der Waals surface area contributed by atoms with Crippen molar-refractivity contribution in [2.24, 2.45) is 17.3 Å². The molecular formula is C30H41F3N6O. The molecule has 4 aliphatic rings. The number of piperidine rings is 2. The molecule has 3 aliphatic heterocycles. The number of carbonyl (C=O) groups is 1. The number of hydrogen-bond acceptors (Lipinski definition) is 6. The minimum absolute atomic E-state index is 0.000254. The van der Waals surface area contributed by atoms with Crippen LogP contribution in [0.2, 0.25) is 0 Å². The lowest BCUT2D eigenvalue weighted by molar-refractivity contribution is -0.136. The fourth-order valence-corrected chi connectivity index (χ4v) is 7.14. The predicted molar refractivity (Wildman–Crippen MR) is 149 cm³/mol. The van der Waals surface area contributed by atoms with Crippen molar-refractivity contribution < 1.29 is 18.0 Å². The van der Waals surface area contributed by atoms with Crippen LogP contribution >= 0.6 is 0 Å². The summed E-state index contributed by atoms with van der Waals surface area (Å²) in [5.74, 6) is 1.63. The Balaban J connectivity index is 1.06. The zero-order valence-corrected chi connectivity index (χ0v) is 23.6. The van der Waals surface area contributed by atoms with Crippen molar-refractivity contribution >= 4 is 22.8 Å². The molecule has 40 heavy (non-hydrogen) atoms. The molecule has 4 fully saturated rings. The second-order valence-corrected chi connectivity index (χ2v) is 12.9. The highest BCUT2D eigenvalue weighted by atomic mass is 19.4. The molecule has 7 nitrogen and oxygen atoms in total. The first-order valence-electron chi connectivity index (χ1n) is 15.0. The minimum atomic E-state index is -4.59. The van der Waals surface area contributed by atoms with Crippen LogP contribution in [-0.4, -0.2) is 84.1 Å². The van der Waals surface area contributed by atoms with Crippen LogP contribution in [0.15, 0.2) is 18.2 Å². The summed E-state index contributed by atoms with van der Waals surface area (Å²) in [5.41, 5.74) is -0.402. The van der Waals surface area contributed by atoms with Gasteiger partial charge in [-0.25, -0.2) is 9.97 Å². The van der Waals surface area contributed by atoms with E-state index in [4.69, 9.17) is 0 Å². The van der Waals surface area contributed by atoms with Crippen molar-refractivity contribution in [1.82, 2.24) is 25.1 Å². The molecule has 0 radical (unpaired) electrons. The quantitative estimate of drug-likeness (QED) is 0.549. The molecule has 218 valence electrons. The predicted octanol–water partition coefficient (Wildman–Crippen LogP) is 4.81. The van der Waals surface area contributed by atoms with Gasteiger partial charge in [0.2, 0.25) is 0 Å². The molecule has 2 aromatic rings. The summed E-state index contributed by atoms with van der Waals surface area (Å²) < 4.78 is 42.3. The van der Waals surface area contributed by atoms with Crippen LogP contribution in [0.4, 0.5) is 19.0 Å². The van der Waals surface area contributed by atoms with E-state index in [1.807, 2.05) is 4.90 Å². The summed E-state index contributed by atoms with van der Waals surface area (Å²) in [6.45, 7) is 12.5. The Morgan fingerprint density at radius 3 is 2.25 bits per heavy atom. The van der Waals surface area contributed by atoms with E-state index >= 15 is 0 Å². The van der Waals surface area contributed by atoms with Crippen molar-refractivity contribution in [3.05, 3.63) is 29.5 Å². The van der Waals surface area contributed by atoms with Gasteiger partial charge in [-0.05, 0) is 61.1 Å². The van der Waals surface area contributed by atoms with Gasteiger partial charge in [0.15, 0.2) is 0 Å². The Hall–Kier alpha value is -2.46. The smallest absolute Gasteiger partial charge is 0.357 e. The molecule has 1 saturated carbocycles. The SMILES string of the molecule is CC1(C)C2CN(CCN3CCC(NC(=O)c4ccc5nc(N6CCCCCC6)cc(C(F)(F)F)c5n4)CC3)CC21. The number of rotatable bonds is 6.